The molecular weight excluding hydrogens is 390 g/mol. The van der Waals surface area contributed by atoms with Gasteiger partial charge in [0.05, 0.1) is 10.6 Å². The summed E-state index contributed by atoms with van der Waals surface area (Å²) in [6, 6.07) is 13.2. The fourth-order valence-corrected chi connectivity index (χ4v) is 3.72. The van der Waals surface area contributed by atoms with Gasteiger partial charge in [-0.3, -0.25) is 10.1 Å². The molecule has 3 rings (SSSR count). The molecule has 140 valence electrons. The second-order valence-corrected chi connectivity index (χ2v) is 8.40. The van der Waals surface area contributed by atoms with Crippen LogP contribution in [-0.4, -0.2) is 30.3 Å². The van der Waals surface area contributed by atoms with Crippen LogP contribution in [-0.2, 0) is 14.6 Å². The summed E-state index contributed by atoms with van der Waals surface area (Å²) in [5, 5.41) is 10.5. The van der Waals surface area contributed by atoms with E-state index in [1.54, 1.807) is 36.4 Å². The standard InChI is InChI=1S/C18H16ClN3O4S/c1-12-5-7-15(8-6-12)27(24,25)10-9-16(23)20-18-22-21-17(26-18)13-3-2-4-14(19)11-13/h2-8,11H,9-10H2,1H3,(H,20,22,23). The largest absolute Gasteiger partial charge is 0.403 e. The lowest BCUT2D eigenvalue weighted by molar-refractivity contribution is -0.115. The predicted molar refractivity (Wildman–Crippen MR) is 101 cm³/mol. The molecule has 0 radical (unpaired) electrons. The first kappa shape index (κ1) is 19.1. The highest BCUT2D eigenvalue weighted by Gasteiger charge is 2.18. The van der Waals surface area contributed by atoms with E-state index in [4.69, 9.17) is 16.0 Å². The molecule has 9 heteroatoms. The number of hydrogen-bond acceptors (Lipinski definition) is 6. The van der Waals surface area contributed by atoms with Gasteiger partial charge in [0.15, 0.2) is 9.84 Å². The molecule has 0 atom stereocenters. The first-order valence-electron chi connectivity index (χ1n) is 8.02. The second-order valence-electron chi connectivity index (χ2n) is 5.85. The summed E-state index contributed by atoms with van der Waals surface area (Å²) in [5.41, 5.74) is 1.57. The Labute approximate surface area is 161 Å². The van der Waals surface area contributed by atoms with Crippen molar-refractivity contribution in [3.63, 3.8) is 0 Å². The number of nitrogens with one attached hydrogen (secondary N) is 1. The fraction of sp³-hybridized carbons (Fsp3) is 0.167. The zero-order valence-corrected chi connectivity index (χ0v) is 15.9. The molecule has 3 aromatic rings. The van der Waals surface area contributed by atoms with Gasteiger partial charge >= 0.3 is 6.01 Å². The van der Waals surface area contributed by atoms with Crippen LogP contribution in [0.25, 0.3) is 11.5 Å². The van der Waals surface area contributed by atoms with Crippen LogP contribution in [0.15, 0.2) is 57.8 Å². The zero-order chi connectivity index (χ0) is 19.4. The minimum Gasteiger partial charge on any atom is -0.403 e. The summed E-state index contributed by atoms with van der Waals surface area (Å²) in [6.45, 7) is 1.87. The van der Waals surface area contributed by atoms with Gasteiger partial charge in [-0.25, -0.2) is 8.42 Å². The number of rotatable bonds is 6. The molecule has 0 saturated heterocycles. The number of amides is 1. The van der Waals surface area contributed by atoms with Crippen molar-refractivity contribution >= 4 is 33.4 Å². The van der Waals surface area contributed by atoms with Crippen LogP contribution in [0.3, 0.4) is 0 Å². The fourth-order valence-electron chi connectivity index (χ4n) is 2.28. The average Bonchev–Trinajstić information content (AvgIpc) is 3.09. The highest BCUT2D eigenvalue weighted by atomic mass is 35.5. The molecule has 1 N–H and O–H groups in total. The first-order valence-corrected chi connectivity index (χ1v) is 10.1. The van der Waals surface area contributed by atoms with E-state index in [2.05, 4.69) is 15.5 Å². The number of carbonyl (C=O) groups is 1. The number of hydrogen-bond donors (Lipinski definition) is 1. The van der Waals surface area contributed by atoms with Crippen molar-refractivity contribution in [3.05, 3.63) is 59.1 Å². The molecule has 7 nitrogen and oxygen atoms in total. The minimum atomic E-state index is -3.55. The number of aryl methyl sites for hydroxylation is 1. The van der Waals surface area contributed by atoms with Gasteiger partial charge in [0.25, 0.3) is 0 Å². The van der Waals surface area contributed by atoms with Gasteiger partial charge in [-0.1, -0.05) is 40.5 Å². The molecule has 1 heterocycles. The van der Waals surface area contributed by atoms with Gasteiger partial charge in [-0.2, -0.15) is 0 Å². The maximum absolute atomic E-state index is 12.3. The van der Waals surface area contributed by atoms with E-state index < -0.39 is 15.7 Å². The van der Waals surface area contributed by atoms with E-state index in [1.165, 1.54) is 12.1 Å². The van der Waals surface area contributed by atoms with Crippen molar-refractivity contribution in [1.82, 2.24) is 10.2 Å². The summed E-state index contributed by atoms with van der Waals surface area (Å²) in [6.07, 6.45) is -0.231. The molecule has 0 bridgehead atoms. The summed E-state index contributed by atoms with van der Waals surface area (Å²) < 4.78 is 29.9. The molecule has 0 unspecified atom stereocenters. The highest BCUT2D eigenvalue weighted by Crippen LogP contribution is 2.23. The molecule has 0 fully saturated rings. The Morgan fingerprint density at radius 3 is 2.59 bits per heavy atom. The Morgan fingerprint density at radius 2 is 1.89 bits per heavy atom. The smallest absolute Gasteiger partial charge is 0.322 e. The molecule has 1 aromatic heterocycles. The molecule has 0 saturated carbocycles. The number of benzene rings is 2. The number of carbonyl (C=O) groups excluding carboxylic acids is 1. The van der Waals surface area contributed by atoms with Gasteiger partial charge in [0, 0.05) is 17.0 Å². The lowest BCUT2D eigenvalue weighted by Gasteiger charge is -2.04. The lowest BCUT2D eigenvalue weighted by atomic mass is 10.2. The minimum absolute atomic E-state index is 0.109. The van der Waals surface area contributed by atoms with Gasteiger partial charge in [-0.15, -0.1) is 5.10 Å². The molecule has 0 spiro atoms. The number of sulfone groups is 1. The summed E-state index contributed by atoms with van der Waals surface area (Å²) in [4.78, 5) is 12.2. The third-order valence-electron chi connectivity index (χ3n) is 3.72. The van der Waals surface area contributed by atoms with Crippen molar-refractivity contribution < 1.29 is 17.6 Å². The van der Waals surface area contributed by atoms with Crippen molar-refractivity contribution in [1.29, 1.82) is 0 Å². The van der Waals surface area contributed by atoms with Crippen molar-refractivity contribution in [2.75, 3.05) is 11.1 Å². The van der Waals surface area contributed by atoms with Crippen LogP contribution >= 0.6 is 11.6 Å². The predicted octanol–water partition coefficient (Wildman–Crippen LogP) is 3.50. The zero-order valence-electron chi connectivity index (χ0n) is 14.3. The SMILES string of the molecule is Cc1ccc(S(=O)(=O)CCC(=O)Nc2nnc(-c3cccc(Cl)c3)o2)cc1. The Kier molecular flexibility index (Phi) is 5.57. The topological polar surface area (TPSA) is 102 Å². The van der Waals surface area contributed by atoms with Crippen molar-refractivity contribution in [3.8, 4) is 11.5 Å². The Morgan fingerprint density at radius 1 is 1.15 bits per heavy atom. The van der Waals surface area contributed by atoms with E-state index in [-0.39, 0.29) is 29.0 Å². The number of aromatic nitrogens is 2. The maximum atomic E-state index is 12.3. The third-order valence-corrected chi connectivity index (χ3v) is 5.69. The molecule has 2 aromatic carbocycles. The summed E-state index contributed by atoms with van der Waals surface area (Å²) in [7, 11) is -3.55. The van der Waals surface area contributed by atoms with E-state index in [0.717, 1.165) is 5.56 Å². The van der Waals surface area contributed by atoms with Gasteiger partial charge in [0.2, 0.25) is 11.8 Å². The van der Waals surface area contributed by atoms with Crippen LogP contribution in [0.1, 0.15) is 12.0 Å². The van der Waals surface area contributed by atoms with E-state index >= 15 is 0 Å². The Hall–Kier alpha value is -2.71. The summed E-state index contributed by atoms with van der Waals surface area (Å²) >= 11 is 5.91. The van der Waals surface area contributed by atoms with E-state index in [9.17, 15) is 13.2 Å². The quantitative estimate of drug-likeness (QED) is 0.673. The highest BCUT2D eigenvalue weighted by molar-refractivity contribution is 7.91. The average molecular weight is 406 g/mol. The molecule has 0 aliphatic rings. The Bertz CT molecular complexity index is 1060. The van der Waals surface area contributed by atoms with Crippen molar-refractivity contribution in [2.24, 2.45) is 0 Å². The van der Waals surface area contributed by atoms with Gasteiger partial charge in [-0.05, 0) is 37.3 Å². The van der Waals surface area contributed by atoms with Crippen LogP contribution in [0, 0.1) is 6.92 Å². The van der Waals surface area contributed by atoms with Crippen LogP contribution in [0.5, 0.6) is 0 Å². The van der Waals surface area contributed by atoms with Crippen molar-refractivity contribution in [2.45, 2.75) is 18.2 Å². The number of halogens is 1. The van der Waals surface area contributed by atoms with Crippen LogP contribution in [0.4, 0.5) is 6.01 Å². The summed E-state index contributed by atoms with van der Waals surface area (Å²) in [5.74, 6) is -0.663. The van der Waals surface area contributed by atoms with Crippen LogP contribution in [0.2, 0.25) is 5.02 Å². The molecular formula is C18H16ClN3O4S. The van der Waals surface area contributed by atoms with Gasteiger partial charge in [0.1, 0.15) is 0 Å². The monoisotopic (exact) mass is 405 g/mol. The Balaban J connectivity index is 1.60. The lowest BCUT2D eigenvalue weighted by Crippen LogP contribution is -2.17. The second kappa shape index (κ2) is 7.89. The molecule has 27 heavy (non-hydrogen) atoms. The molecule has 0 aliphatic heterocycles. The maximum Gasteiger partial charge on any atom is 0.322 e. The number of anilines is 1. The van der Waals surface area contributed by atoms with E-state index in [0.29, 0.717) is 10.6 Å². The number of nitrogens with zero attached hydrogens (tertiary/aromatic N) is 2. The molecule has 0 aliphatic carbocycles. The molecule has 1 amide bonds. The van der Waals surface area contributed by atoms with Crippen LogP contribution < -0.4 is 5.32 Å². The first-order chi connectivity index (χ1) is 12.8. The van der Waals surface area contributed by atoms with E-state index in [1.807, 2.05) is 6.92 Å². The third kappa shape index (κ3) is 4.93. The normalized spacial score (nSPS) is 11.3. The van der Waals surface area contributed by atoms with Gasteiger partial charge < -0.3 is 4.42 Å².